The smallest absolute Gasteiger partial charge is 0.313 e. The van der Waals surface area contributed by atoms with Crippen molar-refractivity contribution < 1.29 is 29.0 Å². The number of cyclic esters (lactones) is 1. The number of aryl methyl sites for hydroxylation is 1. The predicted molar refractivity (Wildman–Crippen MR) is 157 cm³/mol. The fourth-order valence-corrected chi connectivity index (χ4v) is 7.51. The van der Waals surface area contributed by atoms with Gasteiger partial charge in [0, 0.05) is 19.7 Å². The van der Waals surface area contributed by atoms with Gasteiger partial charge in [0.2, 0.25) is 5.91 Å². The summed E-state index contributed by atoms with van der Waals surface area (Å²) in [5.41, 5.74) is -0.937. The molecule has 1 aromatic rings. The number of aliphatic hydroxyl groups excluding tert-OH is 1. The van der Waals surface area contributed by atoms with Crippen LogP contribution in [0.15, 0.2) is 42.5 Å². The van der Waals surface area contributed by atoms with Crippen molar-refractivity contribution in [2.24, 2.45) is 11.8 Å². The summed E-state index contributed by atoms with van der Waals surface area (Å²) in [5.74, 6) is -2.74. The van der Waals surface area contributed by atoms with Crippen molar-refractivity contribution in [3.8, 4) is 0 Å². The van der Waals surface area contributed by atoms with Gasteiger partial charge in [0.15, 0.2) is 0 Å². The maximum absolute atomic E-state index is 14.7. The van der Waals surface area contributed by atoms with Crippen molar-refractivity contribution in [2.45, 2.75) is 82.5 Å². The first-order valence-electron chi connectivity index (χ1n) is 15.0. The molecule has 41 heavy (non-hydrogen) atoms. The number of nitrogens with zero attached hydrogens (tertiary/aromatic N) is 2. The summed E-state index contributed by atoms with van der Waals surface area (Å²) in [4.78, 5) is 46.2. The van der Waals surface area contributed by atoms with Crippen LogP contribution in [-0.4, -0.2) is 71.3 Å². The third-order valence-electron chi connectivity index (χ3n) is 9.15. The maximum Gasteiger partial charge on any atom is 0.313 e. The van der Waals surface area contributed by atoms with Crippen molar-refractivity contribution in [3.63, 3.8) is 0 Å². The van der Waals surface area contributed by atoms with Crippen LogP contribution in [0.2, 0.25) is 5.02 Å². The maximum atomic E-state index is 14.7. The van der Waals surface area contributed by atoms with Gasteiger partial charge in [-0.2, -0.15) is 0 Å². The van der Waals surface area contributed by atoms with Gasteiger partial charge >= 0.3 is 5.97 Å². The number of unbranched alkanes of at least 4 members (excludes halogenated alkanes) is 3. The van der Waals surface area contributed by atoms with Crippen LogP contribution in [0, 0.1) is 18.8 Å². The minimum absolute atomic E-state index is 0.121. The van der Waals surface area contributed by atoms with E-state index in [1.807, 2.05) is 50.3 Å². The van der Waals surface area contributed by atoms with Gasteiger partial charge in [-0.25, -0.2) is 0 Å². The highest BCUT2D eigenvalue weighted by Gasteiger charge is 2.75. The molecule has 4 aliphatic heterocycles. The standard InChI is InChI=1S/C32H41ClN2O6/c1-3-31-16-8-4-7-11-21-40-30(39)25(31)24-28(37)35(18-9-5-6-10-20-36)27-29(38)34(19-13-17-32(24,27)41-31)26-22(2)14-12-15-23(26)33/h8,12-17,24-25,27,36H,3-7,9-11,18-21H2,1-2H3/b16-8-/t24-,25+,27?,31-,32-/m0/s1. The Balaban J connectivity index is 1.62. The first kappa shape index (κ1) is 29.8. The molecule has 0 saturated carbocycles. The largest absolute Gasteiger partial charge is 0.465 e. The minimum Gasteiger partial charge on any atom is -0.465 e. The first-order valence-corrected chi connectivity index (χ1v) is 15.4. The molecule has 2 fully saturated rings. The second-order valence-electron chi connectivity index (χ2n) is 11.6. The van der Waals surface area contributed by atoms with Gasteiger partial charge in [0.05, 0.1) is 23.2 Å². The zero-order valence-corrected chi connectivity index (χ0v) is 24.8. The highest BCUT2D eigenvalue weighted by molar-refractivity contribution is 6.34. The first-order chi connectivity index (χ1) is 19.8. The Morgan fingerprint density at radius 2 is 1.83 bits per heavy atom. The average Bonchev–Trinajstić information content (AvgIpc) is 3.31. The quantitative estimate of drug-likeness (QED) is 0.269. The van der Waals surface area contributed by atoms with Crippen molar-refractivity contribution in [1.82, 2.24) is 4.90 Å². The van der Waals surface area contributed by atoms with Crippen LogP contribution in [0.3, 0.4) is 0 Å². The number of hydrogen-bond acceptors (Lipinski definition) is 6. The summed E-state index contributed by atoms with van der Waals surface area (Å²) in [6.45, 7) is 4.89. The highest BCUT2D eigenvalue weighted by Crippen LogP contribution is 2.58. The van der Waals surface area contributed by atoms with E-state index in [0.29, 0.717) is 43.1 Å². The summed E-state index contributed by atoms with van der Waals surface area (Å²) in [6, 6.07) is 4.55. The Kier molecular flexibility index (Phi) is 8.92. The molecule has 1 unspecified atom stereocenters. The lowest BCUT2D eigenvalue weighted by atomic mass is 9.73. The van der Waals surface area contributed by atoms with Crippen LogP contribution < -0.4 is 4.90 Å². The fraction of sp³-hybridized carbons (Fsp3) is 0.594. The Morgan fingerprint density at radius 3 is 2.59 bits per heavy atom. The van der Waals surface area contributed by atoms with Gasteiger partial charge in [-0.15, -0.1) is 0 Å². The SMILES string of the molecule is CC[C@]12/C=C\CCCCOC(=O)[C@H]1[C@H]1C(=O)N(CCCCCCO)C3C(=O)N(c4c(C)cccc4Cl)CC=C[C@@]31O2. The van der Waals surface area contributed by atoms with E-state index >= 15 is 0 Å². The Morgan fingerprint density at radius 1 is 1.02 bits per heavy atom. The highest BCUT2D eigenvalue weighted by atomic mass is 35.5. The zero-order chi connectivity index (χ0) is 29.2. The van der Waals surface area contributed by atoms with Crippen molar-refractivity contribution in [3.05, 3.63) is 53.1 Å². The summed E-state index contributed by atoms with van der Waals surface area (Å²) in [7, 11) is 0. The third-order valence-corrected chi connectivity index (χ3v) is 9.45. The van der Waals surface area contributed by atoms with Crippen LogP contribution in [0.4, 0.5) is 5.69 Å². The molecule has 0 radical (unpaired) electrons. The van der Waals surface area contributed by atoms with Gasteiger partial charge < -0.3 is 24.4 Å². The average molecular weight is 585 g/mol. The number of anilines is 1. The third kappa shape index (κ3) is 5.12. The number of halogens is 1. The summed E-state index contributed by atoms with van der Waals surface area (Å²) < 4.78 is 12.8. The number of carbonyl (C=O) groups excluding carboxylic acids is 3. The van der Waals surface area contributed by atoms with Gasteiger partial charge in [-0.1, -0.05) is 67.8 Å². The van der Waals surface area contributed by atoms with Gasteiger partial charge in [-0.3, -0.25) is 14.4 Å². The second kappa shape index (κ2) is 12.3. The Labute approximate surface area is 247 Å². The number of aliphatic hydroxyl groups is 1. The lowest BCUT2D eigenvalue weighted by Crippen LogP contribution is -2.56. The van der Waals surface area contributed by atoms with Gasteiger partial charge in [0.1, 0.15) is 23.2 Å². The number of para-hydroxylation sites is 1. The number of hydrogen-bond donors (Lipinski definition) is 1. The van der Waals surface area contributed by atoms with Crippen LogP contribution >= 0.6 is 11.6 Å². The molecule has 1 spiro atoms. The van der Waals surface area contributed by atoms with E-state index in [-0.39, 0.29) is 25.0 Å². The van der Waals surface area contributed by atoms with E-state index in [0.717, 1.165) is 37.7 Å². The van der Waals surface area contributed by atoms with Crippen molar-refractivity contribution in [2.75, 3.05) is 31.2 Å². The van der Waals surface area contributed by atoms with E-state index < -0.39 is 35.0 Å². The monoisotopic (exact) mass is 584 g/mol. The molecule has 2 saturated heterocycles. The number of amides is 2. The molecule has 0 aliphatic carbocycles. The lowest BCUT2D eigenvalue weighted by molar-refractivity contribution is -0.160. The molecular formula is C32H41ClN2O6. The lowest BCUT2D eigenvalue weighted by Gasteiger charge is -2.39. The number of rotatable bonds is 8. The van der Waals surface area contributed by atoms with Crippen molar-refractivity contribution in [1.29, 1.82) is 0 Å². The fourth-order valence-electron chi connectivity index (χ4n) is 7.19. The second-order valence-corrected chi connectivity index (χ2v) is 12.0. The Bertz CT molecular complexity index is 1210. The minimum atomic E-state index is -1.33. The molecule has 222 valence electrons. The Hall–Kier alpha value is -2.68. The molecule has 4 aliphatic rings. The normalized spacial score (nSPS) is 32.3. The molecule has 9 heteroatoms. The predicted octanol–water partition coefficient (Wildman–Crippen LogP) is 4.75. The molecule has 1 aromatic carbocycles. The van der Waals surface area contributed by atoms with E-state index in [2.05, 4.69) is 0 Å². The number of benzene rings is 1. The number of carbonyl (C=O) groups is 3. The van der Waals surface area contributed by atoms with Gasteiger partial charge in [0.25, 0.3) is 5.91 Å². The molecule has 8 nitrogen and oxygen atoms in total. The van der Waals surface area contributed by atoms with E-state index in [1.165, 1.54) is 0 Å². The van der Waals surface area contributed by atoms with Crippen LogP contribution in [-0.2, 0) is 23.9 Å². The van der Waals surface area contributed by atoms with Gasteiger partial charge in [-0.05, 0) is 57.1 Å². The molecule has 5 atom stereocenters. The van der Waals surface area contributed by atoms with Crippen LogP contribution in [0.5, 0.6) is 0 Å². The van der Waals surface area contributed by atoms with Crippen molar-refractivity contribution >= 4 is 35.1 Å². The van der Waals surface area contributed by atoms with E-state index in [1.54, 1.807) is 15.9 Å². The number of fused-ring (bicyclic) bond motifs is 2. The zero-order valence-electron chi connectivity index (χ0n) is 24.0. The van der Waals surface area contributed by atoms with E-state index in [9.17, 15) is 19.5 Å². The number of likely N-dealkylation sites (tertiary alicyclic amines) is 1. The topological polar surface area (TPSA) is 96.4 Å². The van der Waals surface area contributed by atoms with Crippen LogP contribution in [0.25, 0.3) is 0 Å². The molecule has 0 bridgehead atoms. The molecule has 5 rings (SSSR count). The number of ether oxygens (including phenoxy) is 2. The van der Waals surface area contributed by atoms with E-state index in [4.69, 9.17) is 21.1 Å². The molecular weight excluding hydrogens is 544 g/mol. The molecule has 1 N–H and O–H groups in total. The summed E-state index contributed by atoms with van der Waals surface area (Å²) >= 11 is 6.64. The molecule has 4 heterocycles. The number of esters is 1. The summed E-state index contributed by atoms with van der Waals surface area (Å²) in [6.07, 6.45) is 13.6. The number of allylic oxidation sites excluding steroid dienone is 1. The summed E-state index contributed by atoms with van der Waals surface area (Å²) in [5, 5.41) is 9.65. The molecule has 0 aromatic heterocycles. The van der Waals surface area contributed by atoms with Crippen LogP contribution in [0.1, 0.15) is 63.9 Å². The molecule has 2 amide bonds.